The predicted molar refractivity (Wildman–Crippen MR) is 150 cm³/mol. The molecule has 0 saturated heterocycles. The molecular weight excluding hydrogens is 426 g/mol. The van der Waals surface area contributed by atoms with Gasteiger partial charge in [0, 0.05) is 27.3 Å². The van der Waals surface area contributed by atoms with Crippen molar-refractivity contribution in [2.24, 2.45) is 10.8 Å². The van der Waals surface area contributed by atoms with Crippen molar-refractivity contribution >= 4 is 27.9 Å². The molecule has 35 heavy (non-hydrogen) atoms. The smallest absolute Gasteiger partial charge is 0.122 e. The topological polar surface area (TPSA) is 14.2 Å². The Morgan fingerprint density at radius 3 is 2.14 bits per heavy atom. The summed E-state index contributed by atoms with van der Waals surface area (Å²) in [5.41, 5.74) is 6.03. The summed E-state index contributed by atoms with van der Waals surface area (Å²) in [6, 6.07) is 26.0. The summed E-state index contributed by atoms with van der Waals surface area (Å²) < 4.78 is 8.75. The molecule has 1 unspecified atom stereocenters. The van der Waals surface area contributed by atoms with E-state index in [4.69, 9.17) is 4.74 Å². The van der Waals surface area contributed by atoms with E-state index in [-0.39, 0.29) is 16.9 Å². The lowest BCUT2D eigenvalue weighted by Gasteiger charge is -2.36. The van der Waals surface area contributed by atoms with Crippen LogP contribution in [0.4, 0.5) is 0 Å². The van der Waals surface area contributed by atoms with Gasteiger partial charge in [-0.1, -0.05) is 96.2 Å². The quantitative estimate of drug-likeness (QED) is 0.297. The summed E-state index contributed by atoms with van der Waals surface area (Å²) in [6.45, 7) is 13.3. The lowest BCUT2D eigenvalue weighted by Crippen LogP contribution is -2.32. The standard InChI is InChI=1S/C33H35NO/c1-32(2,3)30-21-24(22-31(35-30)33(4,5)6)17-16-23-18-19-29-27(20-23)26-14-10-11-15-28(26)34(29)25-12-8-7-9-13-25/h7-22,30H,1-6H3. The van der Waals surface area contributed by atoms with Crippen molar-refractivity contribution in [1.29, 1.82) is 0 Å². The predicted octanol–water partition coefficient (Wildman–Crippen LogP) is 9.10. The largest absolute Gasteiger partial charge is 0.490 e. The highest BCUT2D eigenvalue weighted by molar-refractivity contribution is 6.09. The molecule has 5 rings (SSSR count). The second-order valence-electron chi connectivity index (χ2n) is 11.6. The summed E-state index contributed by atoms with van der Waals surface area (Å²) in [6.07, 6.45) is 8.95. The SMILES string of the molecule is CC(C)(C)C1=CC(C=Cc2ccc3c(c2)c2ccccc2n3-c2ccccc2)=CC(C(C)(C)C)O1. The van der Waals surface area contributed by atoms with Crippen LogP contribution in [-0.2, 0) is 4.74 Å². The summed E-state index contributed by atoms with van der Waals surface area (Å²) >= 11 is 0. The van der Waals surface area contributed by atoms with Crippen LogP contribution in [0.1, 0.15) is 47.1 Å². The average Bonchev–Trinajstić information content (AvgIpc) is 3.16. The number of para-hydroxylation sites is 2. The zero-order chi connectivity index (χ0) is 24.8. The van der Waals surface area contributed by atoms with E-state index in [9.17, 15) is 0 Å². The van der Waals surface area contributed by atoms with E-state index < -0.39 is 0 Å². The van der Waals surface area contributed by atoms with E-state index in [0.29, 0.717) is 0 Å². The van der Waals surface area contributed by atoms with Crippen LogP contribution < -0.4 is 0 Å². The zero-order valence-electron chi connectivity index (χ0n) is 21.7. The third kappa shape index (κ3) is 4.58. The number of rotatable bonds is 3. The van der Waals surface area contributed by atoms with Gasteiger partial charge in [-0.05, 0) is 53.6 Å². The van der Waals surface area contributed by atoms with Crippen LogP contribution in [0.5, 0.6) is 0 Å². The Bertz CT molecular complexity index is 1470. The molecule has 3 aromatic carbocycles. The van der Waals surface area contributed by atoms with E-state index in [1.54, 1.807) is 0 Å². The molecule has 0 bridgehead atoms. The monoisotopic (exact) mass is 461 g/mol. The van der Waals surface area contributed by atoms with Crippen LogP contribution in [0.3, 0.4) is 0 Å². The molecule has 0 radical (unpaired) electrons. The normalized spacial score (nSPS) is 17.0. The molecule has 0 amide bonds. The molecule has 0 aliphatic carbocycles. The Balaban J connectivity index is 1.57. The summed E-state index contributed by atoms with van der Waals surface area (Å²) in [4.78, 5) is 0. The number of fused-ring (bicyclic) bond motifs is 3. The highest BCUT2D eigenvalue weighted by Crippen LogP contribution is 2.38. The molecule has 4 aromatic rings. The van der Waals surface area contributed by atoms with Crippen LogP contribution in [0.25, 0.3) is 33.6 Å². The van der Waals surface area contributed by atoms with Gasteiger partial charge < -0.3 is 9.30 Å². The van der Waals surface area contributed by atoms with Crippen molar-refractivity contribution in [3.05, 3.63) is 108 Å². The number of aromatic nitrogens is 1. The minimum absolute atomic E-state index is 0.0298. The van der Waals surface area contributed by atoms with Gasteiger partial charge in [-0.3, -0.25) is 0 Å². The molecule has 0 fully saturated rings. The molecule has 1 aromatic heterocycles. The van der Waals surface area contributed by atoms with Gasteiger partial charge in [-0.25, -0.2) is 0 Å². The minimum Gasteiger partial charge on any atom is -0.490 e. The maximum atomic E-state index is 6.40. The van der Waals surface area contributed by atoms with Crippen LogP contribution in [0.2, 0.25) is 0 Å². The Labute approximate surface area is 209 Å². The first kappa shape index (κ1) is 23.2. The summed E-state index contributed by atoms with van der Waals surface area (Å²) in [7, 11) is 0. The number of nitrogens with zero attached hydrogens (tertiary/aromatic N) is 1. The molecule has 2 heterocycles. The second kappa shape index (κ2) is 8.61. The first-order valence-electron chi connectivity index (χ1n) is 12.5. The fourth-order valence-electron chi connectivity index (χ4n) is 4.64. The van der Waals surface area contributed by atoms with Gasteiger partial charge in [-0.15, -0.1) is 0 Å². The van der Waals surface area contributed by atoms with Gasteiger partial charge in [0.25, 0.3) is 0 Å². The molecule has 1 aliphatic heterocycles. The Morgan fingerprint density at radius 1 is 0.743 bits per heavy atom. The third-order valence-electron chi connectivity index (χ3n) is 6.67. The maximum absolute atomic E-state index is 6.40. The van der Waals surface area contributed by atoms with Crippen molar-refractivity contribution in [3.63, 3.8) is 0 Å². The van der Waals surface area contributed by atoms with Gasteiger partial charge >= 0.3 is 0 Å². The van der Waals surface area contributed by atoms with Crippen LogP contribution in [-0.4, -0.2) is 10.7 Å². The maximum Gasteiger partial charge on any atom is 0.122 e. The Kier molecular flexibility index (Phi) is 5.71. The molecule has 2 heteroatoms. The fourth-order valence-corrected chi connectivity index (χ4v) is 4.64. The van der Waals surface area contributed by atoms with Gasteiger partial charge in [0.1, 0.15) is 11.9 Å². The van der Waals surface area contributed by atoms with Gasteiger partial charge in [0.15, 0.2) is 0 Å². The zero-order valence-corrected chi connectivity index (χ0v) is 21.7. The highest BCUT2D eigenvalue weighted by Gasteiger charge is 2.31. The molecule has 2 nitrogen and oxygen atoms in total. The molecule has 1 aliphatic rings. The third-order valence-corrected chi connectivity index (χ3v) is 6.67. The number of allylic oxidation sites excluding steroid dienone is 4. The number of benzene rings is 3. The Hall–Kier alpha value is -3.52. The minimum atomic E-state index is -0.0327. The van der Waals surface area contributed by atoms with Crippen molar-refractivity contribution in [2.75, 3.05) is 0 Å². The number of ether oxygens (including phenoxy) is 1. The van der Waals surface area contributed by atoms with Gasteiger partial charge in [-0.2, -0.15) is 0 Å². The van der Waals surface area contributed by atoms with Crippen molar-refractivity contribution in [1.82, 2.24) is 4.57 Å². The van der Waals surface area contributed by atoms with E-state index in [1.165, 1.54) is 38.6 Å². The number of hydrogen-bond donors (Lipinski definition) is 0. The summed E-state index contributed by atoms with van der Waals surface area (Å²) in [5.74, 6) is 1.04. The highest BCUT2D eigenvalue weighted by atomic mass is 16.5. The van der Waals surface area contributed by atoms with Crippen molar-refractivity contribution < 1.29 is 4.74 Å². The molecular formula is C33H35NO. The number of hydrogen-bond acceptors (Lipinski definition) is 1. The van der Waals surface area contributed by atoms with Crippen molar-refractivity contribution in [3.8, 4) is 5.69 Å². The second-order valence-corrected chi connectivity index (χ2v) is 11.6. The lowest BCUT2D eigenvalue weighted by atomic mass is 9.84. The van der Waals surface area contributed by atoms with Crippen LogP contribution in [0.15, 0.2) is 102 Å². The van der Waals surface area contributed by atoms with Crippen LogP contribution in [0, 0.1) is 10.8 Å². The molecule has 0 N–H and O–H groups in total. The summed E-state index contributed by atoms with van der Waals surface area (Å²) in [5, 5.41) is 2.54. The lowest BCUT2D eigenvalue weighted by molar-refractivity contribution is 0.0323. The van der Waals surface area contributed by atoms with E-state index >= 15 is 0 Å². The van der Waals surface area contributed by atoms with Crippen LogP contribution >= 0.6 is 0 Å². The van der Waals surface area contributed by atoms with E-state index in [2.05, 4.69) is 143 Å². The molecule has 1 atom stereocenters. The average molecular weight is 462 g/mol. The first-order valence-corrected chi connectivity index (χ1v) is 12.5. The van der Waals surface area contributed by atoms with Gasteiger partial charge in [0.2, 0.25) is 0 Å². The Morgan fingerprint density at radius 2 is 1.43 bits per heavy atom. The van der Waals surface area contributed by atoms with E-state index in [1.807, 2.05) is 0 Å². The van der Waals surface area contributed by atoms with Crippen molar-refractivity contribution in [2.45, 2.75) is 47.6 Å². The van der Waals surface area contributed by atoms with E-state index in [0.717, 1.165) is 5.76 Å². The molecule has 178 valence electrons. The fraction of sp³-hybridized carbons (Fsp3) is 0.273. The molecule has 0 saturated carbocycles. The van der Waals surface area contributed by atoms with Gasteiger partial charge in [0.05, 0.1) is 11.0 Å². The molecule has 0 spiro atoms. The first-order chi connectivity index (χ1) is 16.6.